The Morgan fingerprint density at radius 2 is 2.14 bits per heavy atom. The Kier molecular flexibility index (Phi) is 4.77. The average Bonchev–Trinajstić information content (AvgIpc) is 2.41. The van der Waals surface area contributed by atoms with Gasteiger partial charge in [0.25, 0.3) is 0 Å². The molecule has 0 aliphatic carbocycles. The van der Waals surface area contributed by atoms with Crippen molar-refractivity contribution in [1.82, 2.24) is 9.97 Å². The number of aryl methyl sites for hydroxylation is 2. The highest BCUT2D eigenvalue weighted by Gasteiger charge is 2.39. The molecule has 21 heavy (non-hydrogen) atoms. The molecule has 0 bridgehead atoms. The molecular weight excluding hydrogens is 270 g/mol. The van der Waals surface area contributed by atoms with Gasteiger partial charge in [0.1, 0.15) is 11.6 Å². The van der Waals surface area contributed by atoms with Gasteiger partial charge in [-0.3, -0.25) is 4.79 Å². The summed E-state index contributed by atoms with van der Waals surface area (Å²) < 4.78 is 10.4. The third-order valence-electron chi connectivity index (χ3n) is 3.64. The zero-order chi connectivity index (χ0) is 15.5. The van der Waals surface area contributed by atoms with E-state index < -0.39 is 0 Å². The van der Waals surface area contributed by atoms with Crippen LogP contribution in [0.4, 0.5) is 5.82 Å². The summed E-state index contributed by atoms with van der Waals surface area (Å²) in [6.07, 6.45) is 0.921. The number of nitrogens with zero attached hydrogens (tertiary/aromatic N) is 3. The summed E-state index contributed by atoms with van der Waals surface area (Å²) in [5.74, 6) is 1.43. The normalized spacial score (nSPS) is 16.5. The van der Waals surface area contributed by atoms with Crippen LogP contribution in [0.1, 0.15) is 31.8 Å². The number of ether oxygens (including phenoxy) is 2. The van der Waals surface area contributed by atoms with Crippen LogP contribution < -0.4 is 4.90 Å². The highest BCUT2D eigenvalue weighted by Crippen LogP contribution is 2.28. The summed E-state index contributed by atoms with van der Waals surface area (Å²) in [5, 5.41) is 0. The quantitative estimate of drug-likeness (QED) is 0.741. The van der Waals surface area contributed by atoms with Crippen molar-refractivity contribution in [3.8, 4) is 0 Å². The van der Waals surface area contributed by atoms with Gasteiger partial charge in [-0.2, -0.15) is 0 Å². The minimum atomic E-state index is -0.189. The van der Waals surface area contributed by atoms with Gasteiger partial charge < -0.3 is 14.4 Å². The molecule has 0 saturated carbocycles. The molecule has 0 radical (unpaired) electrons. The molecule has 1 aromatic heterocycles. The van der Waals surface area contributed by atoms with Crippen LogP contribution in [0.2, 0.25) is 0 Å². The maximum absolute atomic E-state index is 11.4. The van der Waals surface area contributed by atoms with Crippen LogP contribution in [0.3, 0.4) is 0 Å². The number of hydrogen-bond acceptors (Lipinski definition) is 6. The first-order valence-corrected chi connectivity index (χ1v) is 7.26. The minimum Gasteiger partial charge on any atom is -0.466 e. The molecule has 1 fully saturated rings. The van der Waals surface area contributed by atoms with Crippen LogP contribution in [-0.2, 0) is 20.7 Å². The molecule has 1 aliphatic rings. The van der Waals surface area contributed by atoms with Crippen LogP contribution in [0.25, 0.3) is 0 Å². The predicted octanol–water partition coefficient (Wildman–Crippen LogP) is 1.51. The van der Waals surface area contributed by atoms with E-state index in [2.05, 4.69) is 21.8 Å². The van der Waals surface area contributed by atoms with Crippen molar-refractivity contribution < 1.29 is 14.3 Å². The monoisotopic (exact) mass is 293 g/mol. The number of aromatic nitrogens is 2. The lowest BCUT2D eigenvalue weighted by atomic mass is 9.96. The van der Waals surface area contributed by atoms with Gasteiger partial charge in [0.2, 0.25) is 0 Å². The zero-order valence-electron chi connectivity index (χ0n) is 13.2. The van der Waals surface area contributed by atoms with Crippen molar-refractivity contribution in [2.75, 3.05) is 31.7 Å². The van der Waals surface area contributed by atoms with E-state index in [0.717, 1.165) is 30.4 Å². The van der Waals surface area contributed by atoms with Crippen LogP contribution >= 0.6 is 0 Å². The van der Waals surface area contributed by atoms with E-state index in [4.69, 9.17) is 9.47 Å². The lowest BCUT2D eigenvalue weighted by Gasteiger charge is -2.47. The number of esters is 1. The van der Waals surface area contributed by atoms with Gasteiger partial charge in [-0.1, -0.05) is 0 Å². The summed E-state index contributed by atoms with van der Waals surface area (Å²) in [4.78, 5) is 22.4. The van der Waals surface area contributed by atoms with Gasteiger partial charge in [0.05, 0.1) is 18.6 Å². The number of hydrogen-bond donors (Lipinski definition) is 0. The lowest BCUT2D eigenvalue weighted by molar-refractivity contribution is -0.143. The molecule has 6 heteroatoms. The van der Waals surface area contributed by atoms with Crippen LogP contribution in [-0.4, -0.2) is 48.3 Å². The molecule has 0 amide bonds. The van der Waals surface area contributed by atoms with E-state index in [1.165, 1.54) is 0 Å². The first-order chi connectivity index (χ1) is 9.95. The number of carbonyl (C=O) groups is 1. The second kappa shape index (κ2) is 6.39. The summed E-state index contributed by atoms with van der Waals surface area (Å²) in [6.45, 7) is 7.80. The van der Waals surface area contributed by atoms with Crippen molar-refractivity contribution in [2.45, 2.75) is 39.2 Å². The minimum absolute atomic E-state index is 0.0933. The SMILES string of the molecule is CCOC(=O)CCc1cc(N2CC(C)(OC)C2)nc(C)n1. The highest BCUT2D eigenvalue weighted by atomic mass is 16.5. The number of anilines is 1. The first kappa shape index (κ1) is 15.7. The maximum Gasteiger partial charge on any atom is 0.306 e. The van der Waals surface area contributed by atoms with E-state index in [9.17, 15) is 4.79 Å². The molecule has 0 atom stereocenters. The first-order valence-electron chi connectivity index (χ1n) is 7.26. The Labute approximate surface area is 125 Å². The van der Waals surface area contributed by atoms with Crippen LogP contribution in [0.5, 0.6) is 0 Å². The molecule has 0 spiro atoms. The van der Waals surface area contributed by atoms with Gasteiger partial charge in [0, 0.05) is 38.4 Å². The van der Waals surface area contributed by atoms with Crippen LogP contribution in [0, 0.1) is 6.92 Å². The molecule has 6 nitrogen and oxygen atoms in total. The molecule has 116 valence electrons. The maximum atomic E-state index is 11.4. The summed E-state index contributed by atoms with van der Waals surface area (Å²) in [5.41, 5.74) is 0.779. The molecule has 1 aliphatic heterocycles. The van der Waals surface area contributed by atoms with E-state index in [1.807, 2.05) is 19.9 Å². The second-order valence-electron chi connectivity index (χ2n) is 5.58. The van der Waals surface area contributed by atoms with Crippen molar-refractivity contribution >= 4 is 11.8 Å². The van der Waals surface area contributed by atoms with Gasteiger partial charge in [-0.25, -0.2) is 9.97 Å². The Morgan fingerprint density at radius 3 is 2.76 bits per heavy atom. The van der Waals surface area contributed by atoms with Gasteiger partial charge in [-0.15, -0.1) is 0 Å². The second-order valence-corrected chi connectivity index (χ2v) is 5.58. The number of rotatable bonds is 6. The van der Waals surface area contributed by atoms with E-state index >= 15 is 0 Å². The standard InChI is InChI=1S/C15H23N3O3/c1-5-21-14(19)7-6-12-8-13(17-11(2)16-12)18-9-15(3,10-18)20-4/h8H,5-7,9-10H2,1-4H3. The predicted molar refractivity (Wildman–Crippen MR) is 79.4 cm³/mol. The fraction of sp³-hybridized carbons (Fsp3) is 0.667. The van der Waals surface area contributed by atoms with E-state index in [-0.39, 0.29) is 11.6 Å². The largest absolute Gasteiger partial charge is 0.466 e. The fourth-order valence-electron chi connectivity index (χ4n) is 2.42. The fourth-order valence-corrected chi connectivity index (χ4v) is 2.42. The zero-order valence-corrected chi connectivity index (χ0v) is 13.2. The molecule has 2 heterocycles. The Bertz CT molecular complexity index is 513. The van der Waals surface area contributed by atoms with Crippen molar-refractivity contribution in [3.63, 3.8) is 0 Å². The van der Waals surface area contributed by atoms with Crippen molar-refractivity contribution in [1.29, 1.82) is 0 Å². The van der Waals surface area contributed by atoms with Gasteiger partial charge in [0.15, 0.2) is 0 Å². The summed E-state index contributed by atoms with van der Waals surface area (Å²) >= 11 is 0. The Hall–Kier alpha value is -1.69. The van der Waals surface area contributed by atoms with E-state index in [0.29, 0.717) is 19.4 Å². The Balaban J connectivity index is 2.00. The molecule has 0 aromatic carbocycles. The van der Waals surface area contributed by atoms with Crippen molar-refractivity contribution in [2.24, 2.45) is 0 Å². The third-order valence-corrected chi connectivity index (χ3v) is 3.64. The van der Waals surface area contributed by atoms with Gasteiger partial charge >= 0.3 is 5.97 Å². The molecular formula is C15H23N3O3. The Morgan fingerprint density at radius 1 is 1.43 bits per heavy atom. The number of methoxy groups -OCH3 is 1. The molecule has 0 unspecified atom stereocenters. The summed E-state index contributed by atoms with van der Waals surface area (Å²) in [6, 6.07) is 1.95. The molecule has 1 saturated heterocycles. The number of carbonyl (C=O) groups excluding carboxylic acids is 1. The lowest BCUT2D eigenvalue weighted by Crippen LogP contribution is -2.61. The highest BCUT2D eigenvalue weighted by molar-refractivity contribution is 5.69. The smallest absolute Gasteiger partial charge is 0.306 e. The molecule has 1 aromatic rings. The van der Waals surface area contributed by atoms with Crippen molar-refractivity contribution in [3.05, 3.63) is 17.6 Å². The molecule has 0 N–H and O–H groups in total. The molecule has 2 rings (SSSR count). The third kappa shape index (κ3) is 3.91. The topological polar surface area (TPSA) is 64.5 Å². The van der Waals surface area contributed by atoms with Crippen LogP contribution in [0.15, 0.2) is 6.07 Å². The van der Waals surface area contributed by atoms with Gasteiger partial charge in [-0.05, 0) is 20.8 Å². The van der Waals surface area contributed by atoms with E-state index in [1.54, 1.807) is 7.11 Å². The average molecular weight is 293 g/mol. The summed E-state index contributed by atoms with van der Waals surface area (Å²) in [7, 11) is 1.73.